The Hall–Kier alpha value is -2.20. The van der Waals surface area contributed by atoms with E-state index in [-0.39, 0.29) is 6.07 Å². The van der Waals surface area contributed by atoms with E-state index in [1.165, 1.54) is 0 Å². The Bertz CT molecular complexity index is 995. The quantitative estimate of drug-likeness (QED) is 0.488. The maximum atomic E-state index is 14.0. The standard InChI is InChI=1S/C14H7ClF5NO3S/c1-5(22)21-25(23,24)11-3-6(9(16)4-8(11)15)7-2-10(17)13(19)14(20)12(7)18/h2-4H,1H3,(H,21,22). The molecule has 0 bridgehead atoms. The highest BCUT2D eigenvalue weighted by atomic mass is 35.5. The molecule has 0 aliphatic carbocycles. The summed E-state index contributed by atoms with van der Waals surface area (Å²) in [6.07, 6.45) is 0. The third-order valence-electron chi connectivity index (χ3n) is 2.98. The Morgan fingerprint density at radius 3 is 2.08 bits per heavy atom. The molecular formula is C14H7ClF5NO3S. The van der Waals surface area contributed by atoms with Crippen molar-refractivity contribution in [3.05, 3.63) is 52.3 Å². The molecule has 11 heteroatoms. The zero-order valence-corrected chi connectivity index (χ0v) is 13.7. The molecule has 1 amide bonds. The van der Waals surface area contributed by atoms with Gasteiger partial charge in [-0.15, -0.1) is 0 Å². The SMILES string of the molecule is CC(=O)NS(=O)(=O)c1cc(-c2cc(F)c(F)c(F)c2F)c(F)cc1Cl. The molecule has 0 aromatic heterocycles. The number of rotatable bonds is 3. The lowest BCUT2D eigenvalue weighted by molar-refractivity contribution is -0.117. The molecule has 0 atom stereocenters. The van der Waals surface area contributed by atoms with Crippen molar-refractivity contribution in [3.63, 3.8) is 0 Å². The van der Waals surface area contributed by atoms with E-state index >= 15 is 0 Å². The van der Waals surface area contributed by atoms with Crippen molar-refractivity contribution < 1.29 is 35.2 Å². The van der Waals surface area contributed by atoms with Crippen molar-refractivity contribution in [2.45, 2.75) is 11.8 Å². The zero-order chi connectivity index (χ0) is 19.1. The molecule has 0 aliphatic rings. The van der Waals surface area contributed by atoms with E-state index in [2.05, 4.69) is 0 Å². The normalized spacial score (nSPS) is 11.5. The van der Waals surface area contributed by atoms with Gasteiger partial charge in [-0.1, -0.05) is 11.6 Å². The molecule has 0 saturated carbocycles. The van der Waals surface area contributed by atoms with Gasteiger partial charge < -0.3 is 0 Å². The molecule has 1 N–H and O–H groups in total. The molecule has 25 heavy (non-hydrogen) atoms. The molecule has 0 radical (unpaired) electrons. The lowest BCUT2D eigenvalue weighted by atomic mass is 10.0. The van der Waals surface area contributed by atoms with Crippen LogP contribution in [0.4, 0.5) is 22.0 Å². The van der Waals surface area contributed by atoms with Crippen molar-refractivity contribution in [1.29, 1.82) is 0 Å². The molecule has 0 spiro atoms. The first-order valence-corrected chi connectivity index (χ1v) is 8.17. The minimum absolute atomic E-state index is 0.162. The van der Waals surface area contributed by atoms with Crippen LogP contribution in [-0.2, 0) is 14.8 Å². The third kappa shape index (κ3) is 3.59. The number of halogens is 6. The van der Waals surface area contributed by atoms with Crippen LogP contribution in [0.2, 0.25) is 5.02 Å². The Morgan fingerprint density at radius 2 is 1.52 bits per heavy atom. The van der Waals surface area contributed by atoms with E-state index in [0.29, 0.717) is 12.1 Å². The monoisotopic (exact) mass is 399 g/mol. The van der Waals surface area contributed by atoms with Crippen molar-refractivity contribution >= 4 is 27.5 Å². The van der Waals surface area contributed by atoms with Gasteiger partial charge in [0.05, 0.1) is 5.02 Å². The predicted octanol–water partition coefficient (Wildman–Crippen LogP) is 3.53. The minimum atomic E-state index is -4.56. The fourth-order valence-corrected chi connectivity index (χ4v) is 3.49. The molecular weight excluding hydrogens is 393 g/mol. The van der Waals surface area contributed by atoms with Crippen LogP contribution in [0.25, 0.3) is 11.1 Å². The van der Waals surface area contributed by atoms with E-state index in [4.69, 9.17) is 11.6 Å². The summed E-state index contributed by atoms with van der Waals surface area (Å²) in [7, 11) is -4.56. The van der Waals surface area contributed by atoms with Crippen LogP contribution in [0.5, 0.6) is 0 Å². The molecule has 4 nitrogen and oxygen atoms in total. The van der Waals surface area contributed by atoms with Gasteiger partial charge in [-0.05, 0) is 18.2 Å². The highest BCUT2D eigenvalue weighted by Crippen LogP contribution is 2.34. The fraction of sp³-hybridized carbons (Fsp3) is 0.0714. The second kappa shape index (κ2) is 6.60. The molecule has 134 valence electrons. The van der Waals surface area contributed by atoms with Crippen LogP contribution in [0.15, 0.2) is 23.1 Å². The van der Waals surface area contributed by atoms with Crippen molar-refractivity contribution in [2.24, 2.45) is 0 Å². The van der Waals surface area contributed by atoms with Gasteiger partial charge in [0, 0.05) is 18.1 Å². The van der Waals surface area contributed by atoms with E-state index in [1.54, 1.807) is 4.72 Å². The lowest BCUT2D eigenvalue weighted by Gasteiger charge is -2.12. The molecule has 2 rings (SSSR count). The number of amides is 1. The van der Waals surface area contributed by atoms with Gasteiger partial charge in [0.15, 0.2) is 23.3 Å². The summed E-state index contributed by atoms with van der Waals surface area (Å²) in [6, 6.07) is 1.08. The van der Waals surface area contributed by atoms with Crippen LogP contribution in [-0.4, -0.2) is 14.3 Å². The Kier molecular flexibility index (Phi) is 5.05. The van der Waals surface area contributed by atoms with E-state index in [9.17, 15) is 35.2 Å². The number of hydrogen-bond donors (Lipinski definition) is 1. The smallest absolute Gasteiger partial charge is 0.265 e. The Morgan fingerprint density at radius 1 is 0.920 bits per heavy atom. The molecule has 2 aromatic rings. The first-order chi connectivity index (χ1) is 11.5. The maximum absolute atomic E-state index is 14.0. The summed E-state index contributed by atoms with van der Waals surface area (Å²) >= 11 is 5.61. The summed E-state index contributed by atoms with van der Waals surface area (Å²) in [5.41, 5.74) is -1.96. The predicted molar refractivity (Wildman–Crippen MR) is 77.7 cm³/mol. The average molecular weight is 400 g/mol. The minimum Gasteiger partial charge on any atom is -0.274 e. The number of sulfonamides is 1. The summed E-state index contributed by atoms with van der Waals surface area (Å²) in [4.78, 5) is 10.1. The van der Waals surface area contributed by atoms with Gasteiger partial charge in [0.25, 0.3) is 10.0 Å². The van der Waals surface area contributed by atoms with Gasteiger partial charge in [0.2, 0.25) is 5.91 Å². The van der Waals surface area contributed by atoms with Crippen molar-refractivity contribution in [2.75, 3.05) is 0 Å². The van der Waals surface area contributed by atoms with Gasteiger partial charge in [-0.3, -0.25) is 4.79 Å². The number of benzene rings is 2. The van der Waals surface area contributed by atoms with Crippen molar-refractivity contribution in [3.8, 4) is 11.1 Å². The summed E-state index contributed by atoms with van der Waals surface area (Å²) in [5.74, 6) is -10.4. The first-order valence-electron chi connectivity index (χ1n) is 6.31. The molecule has 0 aliphatic heterocycles. The van der Waals surface area contributed by atoms with Gasteiger partial charge in [-0.2, -0.15) is 0 Å². The largest absolute Gasteiger partial charge is 0.274 e. The average Bonchev–Trinajstić information content (AvgIpc) is 2.48. The van der Waals surface area contributed by atoms with Crippen LogP contribution in [0, 0.1) is 29.1 Å². The molecule has 0 fully saturated rings. The van der Waals surface area contributed by atoms with Gasteiger partial charge in [0.1, 0.15) is 10.7 Å². The summed E-state index contributed by atoms with van der Waals surface area (Å²) < 4.78 is 93.1. The van der Waals surface area contributed by atoms with Crippen LogP contribution < -0.4 is 4.72 Å². The second-order valence-electron chi connectivity index (χ2n) is 4.77. The Balaban J connectivity index is 2.78. The lowest BCUT2D eigenvalue weighted by Crippen LogP contribution is -2.28. The van der Waals surface area contributed by atoms with Crippen LogP contribution >= 0.6 is 11.6 Å². The number of hydrogen-bond acceptors (Lipinski definition) is 3. The summed E-state index contributed by atoms with van der Waals surface area (Å²) in [6.45, 7) is 0.875. The third-order valence-corrected chi connectivity index (χ3v) is 4.88. The van der Waals surface area contributed by atoms with Crippen LogP contribution in [0.3, 0.4) is 0 Å². The van der Waals surface area contributed by atoms with E-state index in [0.717, 1.165) is 6.92 Å². The molecule has 0 saturated heterocycles. The van der Waals surface area contributed by atoms with E-state index in [1.807, 2.05) is 0 Å². The summed E-state index contributed by atoms with van der Waals surface area (Å²) in [5, 5.41) is -0.668. The second-order valence-corrected chi connectivity index (χ2v) is 6.83. The van der Waals surface area contributed by atoms with Crippen molar-refractivity contribution in [1.82, 2.24) is 4.72 Å². The Labute approximate surface area is 143 Å². The topological polar surface area (TPSA) is 63.2 Å². The highest BCUT2D eigenvalue weighted by molar-refractivity contribution is 7.90. The van der Waals surface area contributed by atoms with Gasteiger partial charge in [-0.25, -0.2) is 35.1 Å². The van der Waals surface area contributed by atoms with Gasteiger partial charge >= 0.3 is 0 Å². The molecule has 0 unspecified atom stereocenters. The fourth-order valence-electron chi connectivity index (χ4n) is 1.95. The molecule has 2 aromatic carbocycles. The molecule has 0 heterocycles. The van der Waals surface area contributed by atoms with E-state index < -0.39 is 66.1 Å². The first kappa shape index (κ1) is 19.1. The number of nitrogens with one attached hydrogen (secondary N) is 1. The maximum Gasteiger partial charge on any atom is 0.265 e. The van der Waals surface area contributed by atoms with Crippen LogP contribution in [0.1, 0.15) is 6.92 Å². The number of carbonyl (C=O) groups is 1. The number of carbonyl (C=O) groups excluding carboxylic acids is 1. The highest BCUT2D eigenvalue weighted by Gasteiger charge is 2.26. The zero-order valence-electron chi connectivity index (χ0n) is 12.1.